The van der Waals surface area contributed by atoms with Gasteiger partial charge in [-0.25, -0.2) is 0 Å². The van der Waals surface area contributed by atoms with Crippen molar-refractivity contribution in [2.75, 3.05) is 40.7 Å². The lowest BCUT2D eigenvalue weighted by Crippen LogP contribution is -2.27. The molecule has 1 fully saturated rings. The van der Waals surface area contributed by atoms with Crippen molar-refractivity contribution in [1.82, 2.24) is 4.90 Å². The van der Waals surface area contributed by atoms with Crippen LogP contribution in [0.15, 0.2) is 18.2 Å². The van der Waals surface area contributed by atoms with E-state index in [2.05, 4.69) is 6.26 Å². The summed E-state index contributed by atoms with van der Waals surface area (Å²) >= 11 is 1.82. The number of benzene rings is 1. The first-order valence-corrected chi connectivity index (χ1v) is 8.71. The number of rotatable bonds is 6. The highest BCUT2D eigenvalue weighted by Gasteiger charge is 2.24. The molecule has 1 saturated heterocycles. The van der Waals surface area contributed by atoms with Crippen molar-refractivity contribution < 1.29 is 19.0 Å². The summed E-state index contributed by atoms with van der Waals surface area (Å²) in [4.78, 5) is 14.1. The van der Waals surface area contributed by atoms with Gasteiger partial charge in [-0.15, -0.1) is 0 Å². The van der Waals surface area contributed by atoms with E-state index in [1.54, 1.807) is 33.5 Å². The second-order valence-electron chi connectivity index (χ2n) is 5.22. The maximum Gasteiger partial charge on any atom is 0.246 e. The molecule has 1 aromatic carbocycles. The van der Waals surface area contributed by atoms with Crippen LogP contribution in [0.1, 0.15) is 12.0 Å². The third-order valence-corrected chi connectivity index (χ3v) is 4.95. The molecule has 1 aromatic rings. The maximum absolute atomic E-state index is 12.3. The van der Waals surface area contributed by atoms with Crippen LogP contribution >= 0.6 is 11.8 Å². The zero-order chi connectivity index (χ0) is 16.8. The van der Waals surface area contributed by atoms with Gasteiger partial charge in [-0.05, 0) is 36.4 Å². The van der Waals surface area contributed by atoms with Gasteiger partial charge in [-0.1, -0.05) is 0 Å². The summed E-state index contributed by atoms with van der Waals surface area (Å²) in [5.74, 6) is 1.72. The first-order chi connectivity index (χ1) is 11.1. The van der Waals surface area contributed by atoms with Gasteiger partial charge < -0.3 is 19.1 Å². The second-order valence-corrected chi connectivity index (χ2v) is 6.36. The van der Waals surface area contributed by atoms with E-state index in [1.165, 1.54) is 0 Å². The molecule has 0 bridgehead atoms. The van der Waals surface area contributed by atoms with Gasteiger partial charge in [-0.2, -0.15) is 11.8 Å². The quantitative estimate of drug-likeness (QED) is 0.747. The van der Waals surface area contributed by atoms with Gasteiger partial charge in [0.15, 0.2) is 11.5 Å². The number of likely N-dealkylation sites (tertiary alicyclic amines) is 1. The summed E-state index contributed by atoms with van der Waals surface area (Å²) in [5.41, 5.74) is 0.827. The van der Waals surface area contributed by atoms with E-state index in [4.69, 9.17) is 14.2 Å². The molecule has 1 atom stereocenters. The largest absolute Gasteiger partial charge is 0.493 e. The Bertz CT molecular complexity index is 563. The summed E-state index contributed by atoms with van der Waals surface area (Å²) in [6, 6.07) is 3.64. The number of hydrogen-bond acceptors (Lipinski definition) is 5. The molecule has 0 N–H and O–H groups in total. The Kier molecular flexibility index (Phi) is 6.21. The Hall–Kier alpha value is -1.82. The molecule has 0 radical (unpaired) electrons. The SMILES string of the molecule is COc1cc(/C=C/C(=O)N2CC[C@H](SC)C2)cc(OC)c1OC. The highest BCUT2D eigenvalue weighted by molar-refractivity contribution is 7.99. The van der Waals surface area contributed by atoms with Gasteiger partial charge in [-0.3, -0.25) is 4.79 Å². The van der Waals surface area contributed by atoms with E-state index >= 15 is 0 Å². The van der Waals surface area contributed by atoms with Crippen LogP contribution in [0.2, 0.25) is 0 Å². The van der Waals surface area contributed by atoms with E-state index < -0.39 is 0 Å². The lowest BCUT2D eigenvalue weighted by Gasteiger charge is -2.14. The second kappa shape index (κ2) is 8.15. The molecule has 1 aliphatic rings. The van der Waals surface area contributed by atoms with Crippen LogP contribution in [0.4, 0.5) is 0 Å². The minimum atomic E-state index is 0.0373. The zero-order valence-corrected chi connectivity index (χ0v) is 14.8. The number of nitrogens with zero attached hydrogens (tertiary/aromatic N) is 1. The van der Waals surface area contributed by atoms with E-state index in [0.29, 0.717) is 22.5 Å². The van der Waals surface area contributed by atoms with Crippen molar-refractivity contribution >= 4 is 23.7 Å². The standard InChI is InChI=1S/C17H23NO4S/c1-20-14-9-12(10-15(21-2)17(14)22-3)5-6-16(19)18-8-7-13(11-18)23-4/h5-6,9-10,13H,7-8,11H2,1-4H3/b6-5+/t13-/m0/s1. The topological polar surface area (TPSA) is 48.0 Å². The zero-order valence-electron chi connectivity index (χ0n) is 14.0. The summed E-state index contributed by atoms with van der Waals surface area (Å²) in [7, 11) is 4.71. The first-order valence-electron chi connectivity index (χ1n) is 7.42. The van der Waals surface area contributed by atoms with Crippen LogP contribution in [0.25, 0.3) is 6.08 Å². The Balaban J connectivity index is 2.14. The van der Waals surface area contributed by atoms with Gasteiger partial charge in [0.1, 0.15) is 0 Å². The molecule has 0 unspecified atom stereocenters. The highest BCUT2D eigenvalue weighted by atomic mass is 32.2. The van der Waals surface area contributed by atoms with Crippen molar-refractivity contribution in [1.29, 1.82) is 0 Å². The van der Waals surface area contributed by atoms with Crippen molar-refractivity contribution in [2.24, 2.45) is 0 Å². The third-order valence-electron chi connectivity index (χ3n) is 3.90. The van der Waals surface area contributed by atoms with Crippen LogP contribution in [0, 0.1) is 0 Å². The third kappa shape index (κ3) is 4.13. The Morgan fingerprint density at radius 2 is 1.87 bits per heavy atom. The number of carbonyl (C=O) groups excluding carboxylic acids is 1. The molecule has 0 aliphatic carbocycles. The lowest BCUT2D eigenvalue weighted by atomic mass is 10.1. The van der Waals surface area contributed by atoms with Crippen LogP contribution in [-0.2, 0) is 4.79 Å². The number of amides is 1. The fourth-order valence-electron chi connectivity index (χ4n) is 2.59. The van der Waals surface area contributed by atoms with Gasteiger partial charge in [0, 0.05) is 24.4 Å². The van der Waals surface area contributed by atoms with Crippen molar-refractivity contribution in [3.8, 4) is 17.2 Å². The predicted octanol–water partition coefficient (Wildman–Crippen LogP) is 2.69. The summed E-state index contributed by atoms with van der Waals surface area (Å²) in [5, 5.41) is 0.550. The molecule has 0 spiro atoms. The highest BCUT2D eigenvalue weighted by Crippen LogP contribution is 2.38. The molecule has 2 rings (SSSR count). The van der Waals surface area contributed by atoms with Crippen LogP contribution in [0.3, 0.4) is 0 Å². The molecule has 0 aromatic heterocycles. The summed E-state index contributed by atoms with van der Waals surface area (Å²) < 4.78 is 15.9. The molecule has 1 aliphatic heterocycles. The van der Waals surface area contributed by atoms with E-state index in [1.807, 2.05) is 28.8 Å². The molecule has 126 valence electrons. The molecule has 1 heterocycles. The van der Waals surface area contributed by atoms with E-state index in [9.17, 15) is 4.79 Å². The van der Waals surface area contributed by atoms with E-state index in [-0.39, 0.29) is 5.91 Å². The fraction of sp³-hybridized carbons (Fsp3) is 0.471. The molecule has 1 amide bonds. The van der Waals surface area contributed by atoms with Gasteiger partial charge in [0.25, 0.3) is 0 Å². The van der Waals surface area contributed by atoms with Crippen molar-refractivity contribution in [3.05, 3.63) is 23.8 Å². The molecular weight excluding hydrogens is 314 g/mol. The number of carbonyl (C=O) groups is 1. The molecule has 0 saturated carbocycles. The minimum Gasteiger partial charge on any atom is -0.493 e. The average molecular weight is 337 g/mol. The van der Waals surface area contributed by atoms with Crippen LogP contribution < -0.4 is 14.2 Å². The average Bonchev–Trinajstić information content (AvgIpc) is 3.07. The number of hydrogen-bond donors (Lipinski definition) is 0. The van der Waals surface area contributed by atoms with E-state index in [0.717, 1.165) is 25.1 Å². The molecule has 6 heteroatoms. The van der Waals surface area contributed by atoms with Gasteiger partial charge in [0.05, 0.1) is 21.3 Å². The Labute approximate surface area is 141 Å². The Morgan fingerprint density at radius 3 is 2.35 bits per heavy atom. The summed E-state index contributed by atoms with van der Waals surface area (Å²) in [6.07, 6.45) is 6.53. The smallest absolute Gasteiger partial charge is 0.246 e. The summed E-state index contributed by atoms with van der Waals surface area (Å²) in [6.45, 7) is 1.64. The number of methoxy groups -OCH3 is 3. The number of thioether (sulfide) groups is 1. The van der Waals surface area contributed by atoms with Gasteiger partial charge in [0.2, 0.25) is 11.7 Å². The van der Waals surface area contributed by atoms with Crippen molar-refractivity contribution in [3.63, 3.8) is 0 Å². The fourth-order valence-corrected chi connectivity index (χ4v) is 3.26. The van der Waals surface area contributed by atoms with Crippen LogP contribution in [0.5, 0.6) is 17.2 Å². The van der Waals surface area contributed by atoms with Gasteiger partial charge >= 0.3 is 0 Å². The lowest BCUT2D eigenvalue weighted by molar-refractivity contribution is -0.124. The minimum absolute atomic E-state index is 0.0373. The molecule has 5 nitrogen and oxygen atoms in total. The number of ether oxygens (including phenoxy) is 3. The maximum atomic E-state index is 12.3. The van der Waals surface area contributed by atoms with Crippen molar-refractivity contribution in [2.45, 2.75) is 11.7 Å². The molecular formula is C17H23NO4S. The monoisotopic (exact) mass is 337 g/mol. The Morgan fingerprint density at radius 1 is 1.22 bits per heavy atom. The predicted molar refractivity (Wildman–Crippen MR) is 93.6 cm³/mol. The van der Waals surface area contributed by atoms with Crippen LogP contribution in [-0.4, -0.2) is 56.7 Å². The normalized spacial score (nSPS) is 17.6. The molecule has 23 heavy (non-hydrogen) atoms. The first kappa shape index (κ1) is 17.5.